The highest BCUT2D eigenvalue weighted by Crippen LogP contribution is 2.22. The van der Waals surface area contributed by atoms with E-state index in [9.17, 15) is 17.6 Å². The molecular weight excluding hydrogens is 262 g/mol. The van der Waals surface area contributed by atoms with Crippen LogP contribution in [0.1, 0.15) is 18.9 Å². The molecular formula is C13H17F4NO. The van der Waals surface area contributed by atoms with E-state index in [-0.39, 0.29) is 12.2 Å². The summed E-state index contributed by atoms with van der Waals surface area (Å²) < 4.78 is 53.8. The molecule has 1 unspecified atom stereocenters. The van der Waals surface area contributed by atoms with Crippen molar-refractivity contribution in [2.45, 2.75) is 38.3 Å². The van der Waals surface area contributed by atoms with E-state index in [1.54, 1.807) is 12.1 Å². The summed E-state index contributed by atoms with van der Waals surface area (Å²) >= 11 is 0. The van der Waals surface area contributed by atoms with Gasteiger partial charge in [0.25, 0.3) is 6.43 Å². The first kappa shape index (κ1) is 15.8. The van der Waals surface area contributed by atoms with Gasteiger partial charge < -0.3 is 10.1 Å². The number of alkyl halides is 4. The second-order valence-electron chi connectivity index (χ2n) is 4.49. The van der Waals surface area contributed by atoms with Gasteiger partial charge in [0, 0.05) is 0 Å². The Morgan fingerprint density at radius 2 is 1.74 bits per heavy atom. The zero-order valence-electron chi connectivity index (χ0n) is 10.8. The van der Waals surface area contributed by atoms with Crippen LogP contribution in [0, 0.1) is 0 Å². The molecule has 1 atom stereocenters. The molecule has 0 aliphatic rings. The quantitative estimate of drug-likeness (QED) is 0.772. The molecule has 0 saturated carbocycles. The largest absolute Gasteiger partial charge is 0.435 e. The second-order valence-corrected chi connectivity index (χ2v) is 4.49. The Morgan fingerprint density at radius 1 is 1.16 bits per heavy atom. The fourth-order valence-electron chi connectivity index (χ4n) is 1.58. The Labute approximate surface area is 109 Å². The maximum absolute atomic E-state index is 12.8. The van der Waals surface area contributed by atoms with Crippen molar-refractivity contribution in [1.29, 1.82) is 0 Å². The highest BCUT2D eigenvalue weighted by Gasteiger charge is 2.32. The third-order valence-electron chi connectivity index (χ3n) is 3.13. The number of halogens is 4. The molecule has 0 aliphatic carbocycles. The molecule has 1 rings (SSSR count). The van der Waals surface area contributed by atoms with Crippen molar-refractivity contribution in [2.24, 2.45) is 0 Å². The van der Waals surface area contributed by atoms with Gasteiger partial charge in [-0.1, -0.05) is 12.1 Å². The minimum atomic E-state index is -2.86. The SMILES string of the molecule is CNC(C)(CCc1ccc(OC(F)F)cc1)C(F)F. The second kappa shape index (κ2) is 6.75. The third kappa shape index (κ3) is 4.70. The van der Waals surface area contributed by atoms with Gasteiger partial charge in [0.05, 0.1) is 5.54 Å². The van der Waals surface area contributed by atoms with Crippen molar-refractivity contribution in [3.63, 3.8) is 0 Å². The maximum atomic E-state index is 12.8. The van der Waals surface area contributed by atoms with E-state index in [4.69, 9.17) is 0 Å². The number of aryl methyl sites for hydroxylation is 1. The van der Waals surface area contributed by atoms with Crippen molar-refractivity contribution in [3.8, 4) is 5.75 Å². The lowest BCUT2D eigenvalue weighted by atomic mass is 9.94. The molecule has 2 nitrogen and oxygen atoms in total. The predicted octanol–water partition coefficient (Wildman–Crippen LogP) is 3.46. The summed E-state index contributed by atoms with van der Waals surface area (Å²) in [7, 11) is 1.49. The molecule has 108 valence electrons. The molecule has 1 N–H and O–H groups in total. The molecule has 0 amide bonds. The summed E-state index contributed by atoms with van der Waals surface area (Å²) in [6.07, 6.45) is -1.80. The fourth-order valence-corrected chi connectivity index (χ4v) is 1.58. The highest BCUT2D eigenvalue weighted by molar-refractivity contribution is 5.27. The smallest absolute Gasteiger partial charge is 0.387 e. The third-order valence-corrected chi connectivity index (χ3v) is 3.13. The number of hydrogen-bond donors (Lipinski definition) is 1. The van der Waals surface area contributed by atoms with Gasteiger partial charge in [-0.25, -0.2) is 8.78 Å². The van der Waals surface area contributed by atoms with Gasteiger partial charge in [-0.3, -0.25) is 0 Å². The molecule has 0 radical (unpaired) electrons. The Kier molecular flexibility index (Phi) is 5.60. The van der Waals surface area contributed by atoms with Gasteiger partial charge >= 0.3 is 6.61 Å². The number of rotatable bonds is 7. The van der Waals surface area contributed by atoms with Crippen LogP contribution in [0.2, 0.25) is 0 Å². The molecule has 1 aromatic carbocycles. The lowest BCUT2D eigenvalue weighted by molar-refractivity contribution is -0.0498. The highest BCUT2D eigenvalue weighted by atomic mass is 19.3. The molecule has 0 bridgehead atoms. The Balaban J connectivity index is 2.58. The molecule has 6 heteroatoms. The van der Waals surface area contributed by atoms with Crippen LogP contribution in [0.15, 0.2) is 24.3 Å². The molecule has 0 saturated heterocycles. The van der Waals surface area contributed by atoms with E-state index >= 15 is 0 Å². The van der Waals surface area contributed by atoms with Crippen LogP contribution in [0.5, 0.6) is 5.75 Å². The molecule has 0 heterocycles. The van der Waals surface area contributed by atoms with Crippen molar-refractivity contribution >= 4 is 0 Å². The predicted molar refractivity (Wildman–Crippen MR) is 64.9 cm³/mol. The topological polar surface area (TPSA) is 21.3 Å². The van der Waals surface area contributed by atoms with Gasteiger partial charge in [0.1, 0.15) is 5.75 Å². The van der Waals surface area contributed by atoms with Crippen LogP contribution in [0.25, 0.3) is 0 Å². The fraction of sp³-hybridized carbons (Fsp3) is 0.538. The van der Waals surface area contributed by atoms with Gasteiger partial charge in [-0.15, -0.1) is 0 Å². The van der Waals surface area contributed by atoms with Crippen LogP contribution in [-0.2, 0) is 6.42 Å². The van der Waals surface area contributed by atoms with E-state index in [0.29, 0.717) is 6.42 Å². The van der Waals surface area contributed by atoms with E-state index < -0.39 is 18.6 Å². The average molecular weight is 279 g/mol. The summed E-state index contributed by atoms with van der Waals surface area (Å²) in [6, 6.07) is 6.00. The summed E-state index contributed by atoms with van der Waals surface area (Å²) in [6.45, 7) is -1.41. The van der Waals surface area contributed by atoms with Crippen LogP contribution in [0.4, 0.5) is 17.6 Å². The average Bonchev–Trinajstić information content (AvgIpc) is 2.36. The first-order chi connectivity index (χ1) is 8.87. The van der Waals surface area contributed by atoms with Crippen LogP contribution < -0.4 is 10.1 Å². The summed E-state index contributed by atoms with van der Waals surface area (Å²) in [4.78, 5) is 0. The van der Waals surface area contributed by atoms with Crippen molar-refractivity contribution < 1.29 is 22.3 Å². The first-order valence-electron chi connectivity index (χ1n) is 5.88. The van der Waals surface area contributed by atoms with Crippen molar-refractivity contribution in [2.75, 3.05) is 7.05 Å². The van der Waals surface area contributed by atoms with Crippen molar-refractivity contribution in [3.05, 3.63) is 29.8 Å². The lowest BCUT2D eigenvalue weighted by Crippen LogP contribution is -2.46. The van der Waals surface area contributed by atoms with E-state index in [1.807, 2.05) is 0 Å². The van der Waals surface area contributed by atoms with Crippen molar-refractivity contribution in [1.82, 2.24) is 5.32 Å². The number of nitrogens with one attached hydrogen (secondary N) is 1. The van der Waals surface area contributed by atoms with Crippen LogP contribution in [-0.4, -0.2) is 25.6 Å². The Bertz CT molecular complexity index is 383. The first-order valence-corrected chi connectivity index (χ1v) is 5.88. The minimum Gasteiger partial charge on any atom is -0.435 e. The summed E-state index contributed by atoms with van der Waals surface area (Å²) in [5.74, 6) is 0.0592. The Hall–Kier alpha value is -1.30. The standard InChI is InChI=1S/C13H17F4NO/c1-13(18-2,11(14)15)8-7-9-3-5-10(6-4-9)19-12(16)17/h3-6,11-12,18H,7-8H2,1-2H3. The van der Waals surface area contributed by atoms with Gasteiger partial charge in [-0.2, -0.15) is 8.78 Å². The summed E-state index contributed by atoms with van der Waals surface area (Å²) in [5.41, 5.74) is -0.457. The number of benzene rings is 1. The van der Waals surface area contributed by atoms with Gasteiger partial charge in [0.15, 0.2) is 0 Å². The van der Waals surface area contributed by atoms with Crippen LogP contribution in [0.3, 0.4) is 0 Å². The van der Waals surface area contributed by atoms with Gasteiger partial charge in [0.2, 0.25) is 0 Å². The van der Waals surface area contributed by atoms with E-state index in [0.717, 1.165) is 5.56 Å². The molecule has 0 aliphatic heterocycles. The number of ether oxygens (including phenoxy) is 1. The molecule has 1 aromatic rings. The molecule has 0 spiro atoms. The molecule has 0 aromatic heterocycles. The van der Waals surface area contributed by atoms with Crippen LogP contribution >= 0.6 is 0 Å². The molecule has 19 heavy (non-hydrogen) atoms. The monoisotopic (exact) mass is 279 g/mol. The van der Waals surface area contributed by atoms with E-state index in [2.05, 4.69) is 10.1 Å². The number of hydrogen-bond acceptors (Lipinski definition) is 2. The maximum Gasteiger partial charge on any atom is 0.387 e. The Morgan fingerprint density at radius 3 is 2.16 bits per heavy atom. The lowest BCUT2D eigenvalue weighted by Gasteiger charge is -2.28. The molecule has 0 fully saturated rings. The van der Waals surface area contributed by atoms with Gasteiger partial charge in [-0.05, 0) is 44.5 Å². The normalized spacial score (nSPS) is 14.7. The minimum absolute atomic E-state index is 0.0592. The van der Waals surface area contributed by atoms with E-state index in [1.165, 1.54) is 26.1 Å². The summed E-state index contributed by atoms with van der Waals surface area (Å²) in [5, 5.41) is 2.61. The zero-order chi connectivity index (χ0) is 14.5. The zero-order valence-corrected chi connectivity index (χ0v) is 10.8.